The van der Waals surface area contributed by atoms with Crippen LogP contribution in [0.4, 0.5) is 5.69 Å². The SMILES string of the molecule is Cl.Nc1ccc(CS)cc1. The molecule has 1 aromatic rings. The molecule has 1 aromatic carbocycles. The standard InChI is InChI=1S/C7H9NS.ClH/c8-7-3-1-6(5-9)2-4-7;/h1-4,9H,5,8H2;1H. The summed E-state index contributed by atoms with van der Waals surface area (Å²) in [5.74, 6) is 0.778. The molecule has 0 saturated heterocycles. The summed E-state index contributed by atoms with van der Waals surface area (Å²) in [6, 6.07) is 7.71. The number of hydrogen-bond acceptors (Lipinski definition) is 2. The zero-order valence-electron chi connectivity index (χ0n) is 5.45. The highest BCUT2D eigenvalue weighted by Gasteiger charge is 1.85. The zero-order chi connectivity index (χ0) is 6.69. The second-order valence-electron chi connectivity index (χ2n) is 1.90. The van der Waals surface area contributed by atoms with Gasteiger partial charge in [0.05, 0.1) is 0 Å². The molecule has 0 saturated carbocycles. The van der Waals surface area contributed by atoms with Crippen LogP contribution in [0.25, 0.3) is 0 Å². The highest BCUT2D eigenvalue weighted by Crippen LogP contribution is 2.06. The largest absolute Gasteiger partial charge is 0.399 e. The lowest BCUT2D eigenvalue weighted by atomic mass is 10.2. The van der Waals surface area contributed by atoms with Crippen LogP contribution in [0.2, 0.25) is 0 Å². The molecule has 2 N–H and O–H groups in total. The molecule has 56 valence electrons. The number of nitrogen functional groups attached to an aromatic ring is 1. The van der Waals surface area contributed by atoms with Crippen molar-refractivity contribution < 1.29 is 0 Å². The van der Waals surface area contributed by atoms with Gasteiger partial charge >= 0.3 is 0 Å². The fourth-order valence-corrected chi connectivity index (χ4v) is 0.834. The van der Waals surface area contributed by atoms with Crippen molar-refractivity contribution in [3.05, 3.63) is 29.8 Å². The lowest BCUT2D eigenvalue weighted by Crippen LogP contribution is -1.83. The van der Waals surface area contributed by atoms with Crippen molar-refractivity contribution in [3.63, 3.8) is 0 Å². The van der Waals surface area contributed by atoms with Gasteiger partial charge in [0.1, 0.15) is 0 Å². The van der Waals surface area contributed by atoms with Gasteiger partial charge in [-0.05, 0) is 17.7 Å². The first-order chi connectivity index (χ1) is 4.33. The Morgan fingerprint density at radius 2 is 1.70 bits per heavy atom. The second kappa shape index (κ2) is 4.47. The van der Waals surface area contributed by atoms with Gasteiger partial charge in [-0.1, -0.05) is 12.1 Å². The third-order valence-corrected chi connectivity index (χ3v) is 1.53. The van der Waals surface area contributed by atoms with Gasteiger partial charge in [0.15, 0.2) is 0 Å². The van der Waals surface area contributed by atoms with E-state index < -0.39 is 0 Å². The van der Waals surface area contributed by atoms with Crippen LogP contribution in [0.5, 0.6) is 0 Å². The summed E-state index contributed by atoms with van der Waals surface area (Å²) in [6.07, 6.45) is 0. The topological polar surface area (TPSA) is 26.0 Å². The van der Waals surface area contributed by atoms with Gasteiger partial charge in [0.2, 0.25) is 0 Å². The van der Waals surface area contributed by atoms with Gasteiger partial charge in [-0.25, -0.2) is 0 Å². The number of rotatable bonds is 1. The smallest absolute Gasteiger partial charge is 0.0314 e. The maximum atomic E-state index is 5.46. The molecule has 0 unspecified atom stereocenters. The second-order valence-corrected chi connectivity index (χ2v) is 2.22. The van der Waals surface area contributed by atoms with Crippen molar-refractivity contribution in [1.82, 2.24) is 0 Å². The summed E-state index contributed by atoms with van der Waals surface area (Å²) in [4.78, 5) is 0. The molecule has 0 aliphatic rings. The number of nitrogens with two attached hydrogens (primary N) is 1. The van der Waals surface area contributed by atoms with Gasteiger partial charge < -0.3 is 5.73 Å². The molecule has 1 nitrogen and oxygen atoms in total. The Morgan fingerprint density at radius 3 is 2.10 bits per heavy atom. The molecule has 0 aliphatic heterocycles. The van der Waals surface area contributed by atoms with Crippen LogP contribution in [0.15, 0.2) is 24.3 Å². The quantitative estimate of drug-likeness (QED) is 0.497. The maximum Gasteiger partial charge on any atom is 0.0314 e. The first kappa shape index (κ1) is 9.66. The van der Waals surface area contributed by atoms with E-state index in [9.17, 15) is 0 Å². The minimum atomic E-state index is 0. The van der Waals surface area contributed by atoms with E-state index in [1.54, 1.807) is 0 Å². The van der Waals surface area contributed by atoms with Crippen LogP contribution in [0.1, 0.15) is 5.56 Å². The van der Waals surface area contributed by atoms with E-state index in [0.29, 0.717) is 0 Å². The lowest BCUT2D eigenvalue weighted by molar-refractivity contribution is 1.43. The molecule has 0 spiro atoms. The Kier molecular flexibility index (Phi) is 4.32. The Labute approximate surface area is 72.4 Å². The fourth-order valence-electron chi connectivity index (χ4n) is 0.623. The molecule has 0 atom stereocenters. The fraction of sp³-hybridized carbons (Fsp3) is 0.143. The van der Waals surface area contributed by atoms with Gasteiger partial charge in [-0.2, -0.15) is 12.6 Å². The number of hydrogen-bond donors (Lipinski definition) is 2. The summed E-state index contributed by atoms with van der Waals surface area (Å²) in [5, 5.41) is 0. The van der Waals surface area contributed by atoms with Gasteiger partial charge in [0.25, 0.3) is 0 Å². The summed E-state index contributed by atoms with van der Waals surface area (Å²) < 4.78 is 0. The Hall–Kier alpha value is -0.340. The first-order valence-corrected chi connectivity index (χ1v) is 3.41. The van der Waals surface area contributed by atoms with Gasteiger partial charge in [0, 0.05) is 11.4 Å². The number of thiol groups is 1. The molecule has 3 heteroatoms. The van der Waals surface area contributed by atoms with E-state index in [-0.39, 0.29) is 12.4 Å². The third-order valence-electron chi connectivity index (χ3n) is 1.16. The van der Waals surface area contributed by atoms with Crippen LogP contribution in [-0.4, -0.2) is 0 Å². The average molecular weight is 176 g/mol. The highest BCUT2D eigenvalue weighted by atomic mass is 35.5. The van der Waals surface area contributed by atoms with E-state index in [0.717, 1.165) is 11.4 Å². The Morgan fingerprint density at radius 1 is 1.20 bits per heavy atom. The first-order valence-electron chi connectivity index (χ1n) is 2.78. The van der Waals surface area contributed by atoms with Crippen LogP contribution >= 0.6 is 25.0 Å². The summed E-state index contributed by atoms with van der Waals surface area (Å²) in [5.41, 5.74) is 7.46. The summed E-state index contributed by atoms with van der Waals surface area (Å²) >= 11 is 4.10. The van der Waals surface area contributed by atoms with E-state index >= 15 is 0 Å². The monoisotopic (exact) mass is 175 g/mol. The Bertz CT molecular complexity index is 185. The minimum Gasteiger partial charge on any atom is -0.399 e. The zero-order valence-corrected chi connectivity index (χ0v) is 7.16. The van der Waals surface area contributed by atoms with Crippen LogP contribution < -0.4 is 5.73 Å². The van der Waals surface area contributed by atoms with Crippen LogP contribution in [-0.2, 0) is 5.75 Å². The van der Waals surface area contributed by atoms with E-state index in [2.05, 4.69) is 12.6 Å². The molecule has 0 heterocycles. The van der Waals surface area contributed by atoms with Crippen molar-refractivity contribution in [2.75, 3.05) is 5.73 Å². The normalized spacial score (nSPS) is 8.50. The predicted molar refractivity (Wildman–Crippen MR) is 50.8 cm³/mol. The van der Waals surface area contributed by atoms with E-state index in [4.69, 9.17) is 5.73 Å². The van der Waals surface area contributed by atoms with Gasteiger partial charge in [-0.3, -0.25) is 0 Å². The van der Waals surface area contributed by atoms with Crippen LogP contribution in [0.3, 0.4) is 0 Å². The van der Waals surface area contributed by atoms with E-state index in [1.807, 2.05) is 24.3 Å². The van der Waals surface area contributed by atoms with Crippen molar-refractivity contribution in [1.29, 1.82) is 0 Å². The predicted octanol–water partition coefficient (Wildman–Crippen LogP) is 2.12. The molecular weight excluding hydrogens is 166 g/mol. The van der Waals surface area contributed by atoms with Gasteiger partial charge in [-0.15, -0.1) is 12.4 Å². The minimum absolute atomic E-state index is 0. The van der Waals surface area contributed by atoms with Crippen molar-refractivity contribution in [2.45, 2.75) is 5.75 Å². The maximum absolute atomic E-state index is 5.46. The average Bonchev–Trinajstić information content (AvgIpc) is 1.90. The van der Waals surface area contributed by atoms with Crippen molar-refractivity contribution in [2.24, 2.45) is 0 Å². The number of benzene rings is 1. The molecule has 10 heavy (non-hydrogen) atoms. The molecule has 1 rings (SSSR count). The molecule has 0 aromatic heterocycles. The molecule has 0 amide bonds. The molecule has 0 aliphatic carbocycles. The lowest BCUT2D eigenvalue weighted by Gasteiger charge is -1.94. The van der Waals surface area contributed by atoms with Crippen molar-refractivity contribution in [3.8, 4) is 0 Å². The summed E-state index contributed by atoms with van der Waals surface area (Å²) in [6.45, 7) is 0. The molecular formula is C7H10ClNS. The molecule has 0 bridgehead atoms. The highest BCUT2D eigenvalue weighted by molar-refractivity contribution is 7.79. The number of halogens is 1. The molecule has 0 radical (unpaired) electrons. The van der Waals surface area contributed by atoms with Crippen molar-refractivity contribution >= 4 is 30.7 Å². The van der Waals surface area contributed by atoms with Crippen LogP contribution in [0, 0.1) is 0 Å². The third kappa shape index (κ3) is 2.50. The number of anilines is 1. The Balaban J connectivity index is 0.000000810. The van der Waals surface area contributed by atoms with E-state index in [1.165, 1.54) is 5.56 Å². The molecule has 0 fully saturated rings. The summed E-state index contributed by atoms with van der Waals surface area (Å²) in [7, 11) is 0.